The molecule has 0 aliphatic heterocycles. The number of nitrogens with one attached hydrogen (secondary N) is 2. The lowest BCUT2D eigenvalue weighted by molar-refractivity contribution is 0.189. The summed E-state index contributed by atoms with van der Waals surface area (Å²) in [6.07, 6.45) is 0.651. The first kappa shape index (κ1) is 17.1. The molecule has 20 heavy (non-hydrogen) atoms. The largest absolute Gasteiger partial charge is 0.385 e. The lowest BCUT2D eigenvalue weighted by Crippen LogP contribution is -2.30. The van der Waals surface area contributed by atoms with Crippen molar-refractivity contribution in [2.45, 2.75) is 31.8 Å². The highest BCUT2D eigenvalue weighted by atomic mass is 32.2. The van der Waals surface area contributed by atoms with Gasteiger partial charge in [0.25, 0.3) is 10.0 Å². The Labute approximate surface area is 120 Å². The van der Waals surface area contributed by atoms with Crippen molar-refractivity contribution in [1.29, 1.82) is 0 Å². The summed E-state index contributed by atoms with van der Waals surface area (Å²) in [6.45, 7) is 5.99. The van der Waals surface area contributed by atoms with Crippen LogP contribution in [0.1, 0.15) is 24.6 Å². The van der Waals surface area contributed by atoms with E-state index < -0.39 is 10.0 Å². The van der Waals surface area contributed by atoms with E-state index in [0.29, 0.717) is 31.7 Å². The van der Waals surface area contributed by atoms with Crippen LogP contribution < -0.4 is 5.32 Å². The predicted molar refractivity (Wildman–Crippen MR) is 77.0 cm³/mol. The molecule has 8 heteroatoms. The minimum absolute atomic E-state index is 0.107. The van der Waals surface area contributed by atoms with Crippen molar-refractivity contribution in [3.8, 4) is 0 Å². The monoisotopic (exact) mass is 304 g/mol. The second-order valence-electron chi connectivity index (χ2n) is 4.59. The molecule has 1 aromatic heterocycles. The van der Waals surface area contributed by atoms with Crippen LogP contribution in [0.4, 0.5) is 0 Å². The van der Waals surface area contributed by atoms with E-state index in [-0.39, 0.29) is 5.03 Å². The average molecular weight is 304 g/mol. The molecule has 0 bridgehead atoms. The number of H-pyrrole nitrogens is 1. The van der Waals surface area contributed by atoms with E-state index in [0.717, 1.165) is 12.2 Å². The van der Waals surface area contributed by atoms with E-state index >= 15 is 0 Å². The third kappa shape index (κ3) is 4.02. The van der Waals surface area contributed by atoms with E-state index in [1.807, 2.05) is 13.8 Å². The molecule has 0 fully saturated rings. The second kappa shape index (κ2) is 7.72. The molecule has 7 nitrogen and oxygen atoms in total. The Balaban J connectivity index is 2.91. The maximum Gasteiger partial charge on any atom is 0.262 e. The zero-order chi connectivity index (χ0) is 15.2. The van der Waals surface area contributed by atoms with Crippen LogP contribution in [0.15, 0.2) is 5.03 Å². The molecule has 0 amide bonds. The maximum absolute atomic E-state index is 12.5. The Morgan fingerprint density at radius 3 is 2.75 bits per heavy atom. The fourth-order valence-electron chi connectivity index (χ4n) is 1.80. The Kier molecular flexibility index (Phi) is 6.60. The third-order valence-electron chi connectivity index (χ3n) is 3.06. The van der Waals surface area contributed by atoms with Crippen LogP contribution in [0.5, 0.6) is 0 Å². The normalized spacial score (nSPS) is 12.2. The van der Waals surface area contributed by atoms with Gasteiger partial charge in [-0.15, -0.1) is 0 Å². The van der Waals surface area contributed by atoms with E-state index in [4.69, 9.17) is 4.74 Å². The van der Waals surface area contributed by atoms with Crippen LogP contribution >= 0.6 is 0 Å². The number of aromatic amines is 1. The van der Waals surface area contributed by atoms with Gasteiger partial charge in [0.05, 0.1) is 0 Å². The van der Waals surface area contributed by atoms with Crippen molar-refractivity contribution in [3.63, 3.8) is 0 Å². The summed E-state index contributed by atoms with van der Waals surface area (Å²) in [4.78, 5) is 0. The van der Waals surface area contributed by atoms with Gasteiger partial charge in [-0.2, -0.15) is 9.40 Å². The number of nitrogens with zero attached hydrogens (tertiary/aromatic N) is 2. The molecular formula is C12H24N4O3S. The SMILES string of the molecule is CCNCc1c(S(=O)(=O)N(C)CCCOC)n[nH]c1C. The Hall–Kier alpha value is -0.960. The standard InChI is InChI=1S/C12H24N4O3S/c1-5-13-9-11-10(2)14-15-12(11)20(17,18)16(3)7-6-8-19-4/h13H,5-9H2,1-4H3,(H,14,15). The van der Waals surface area contributed by atoms with Crippen molar-refractivity contribution in [1.82, 2.24) is 19.8 Å². The van der Waals surface area contributed by atoms with Crippen molar-refractivity contribution < 1.29 is 13.2 Å². The number of sulfonamides is 1. The zero-order valence-corrected chi connectivity index (χ0v) is 13.4. The van der Waals surface area contributed by atoms with Crippen LogP contribution in [-0.2, 0) is 21.3 Å². The van der Waals surface area contributed by atoms with Crippen LogP contribution in [0.2, 0.25) is 0 Å². The number of methoxy groups -OCH3 is 1. The van der Waals surface area contributed by atoms with Gasteiger partial charge in [0.1, 0.15) is 0 Å². The highest BCUT2D eigenvalue weighted by Gasteiger charge is 2.27. The highest BCUT2D eigenvalue weighted by Crippen LogP contribution is 2.19. The molecule has 1 heterocycles. The van der Waals surface area contributed by atoms with Gasteiger partial charge in [0.2, 0.25) is 0 Å². The number of hydrogen-bond acceptors (Lipinski definition) is 5. The van der Waals surface area contributed by atoms with E-state index in [2.05, 4.69) is 15.5 Å². The molecule has 0 aromatic carbocycles. The second-order valence-corrected chi connectivity index (χ2v) is 6.55. The summed E-state index contributed by atoms with van der Waals surface area (Å²) in [6, 6.07) is 0. The van der Waals surface area contributed by atoms with Gasteiger partial charge in [0.15, 0.2) is 5.03 Å². The maximum atomic E-state index is 12.5. The van der Waals surface area contributed by atoms with Crippen LogP contribution in [0, 0.1) is 6.92 Å². The lowest BCUT2D eigenvalue weighted by atomic mass is 10.2. The van der Waals surface area contributed by atoms with Gasteiger partial charge in [-0.1, -0.05) is 6.92 Å². The van der Waals surface area contributed by atoms with Gasteiger partial charge in [0, 0.05) is 45.1 Å². The fraction of sp³-hybridized carbons (Fsp3) is 0.750. The van der Waals surface area contributed by atoms with Crippen molar-refractivity contribution in [2.24, 2.45) is 0 Å². The summed E-state index contributed by atoms with van der Waals surface area (Å²) < 4.78 is 31.3. The molecule has 0 aliphatic carbocycles. The van der Waals surface area contributed by atoms with Crippen LogP contribution in [-0.4, -0.2) is 56.8 Å². The van der Waals surface area contributed by atoms with Crippen LogP contribution in [0.25, 0.3) is 0 Å². The molecule has 0 spiro atoms. The first-order chi connectivity index (χ1) is 9.45. The number of aryl methyl sites for hydroxylation is 1. The van der Waals surface area contributed by atoms with Gasteiger partial charge in [-0.25, -0.2) is 8.42 Å². The van der Waals surface area contributed by atoms with E-state index in [1.165, 1.54) is 4.31 Å². The van der Waals surface area contributed by atoms with E-state index in [9.17, 15) is 8.42 Å². The summed E-state index contributed by atoms with van der Waals surface area (Å²) in [7, 11) is -0.405. The van der Waals surface area contributed by atoms with Gasteiger partial charge in [-0.3, -0.25) is 5.10 Å². The fourth-order valence-corrected chi connectivity index (χ4v) is 3.16. The minimum Gasteiger partial charge on any atom is -0.385 e. The van der Waals surface area contributed by atoms with Gasteiger partial charge < -0.3 is 10.1 Å². The summed E-state index contributed by atoms with van der Waals surface area (Å²) in [5, 5.41) is 9.96. The molecule has 1 aromatic rings. The predicted octanol–water partition coefficient (Wildman–Crippen LogP) is 0.485. The van der Waals surface area contributed by atoms with Gasteiger partial charge in [-0.05, 0) is 19.9 Å². The number of ether oxygens (including phenoxy) is 1. The Morgan fingerprint density at radius 1 is 1.45 bits per heavy atom. The van der Waals surface area contributed by atoms with E-state index in [1.54, 1.807) is 14.2 Å². The van der Waals surface area contributed by atoms with Gasteiger partial charge >= 0.3 is 0 Å². The average Bonchev–Trinajstić information content (AvgIpc) is 2.78. The molecule has 0 radical (unpaired) electrons. The molecule has 0 saturated carbocycles. The van der Waals surface area contributed by atoms with Crippen molar-refractivity contribution >= 4 is 10.0 Å². The quantitative estimate of drug-likeness (QED) is 0.648. The zero-order valence-electron chi connectivity index (χ0n) is 12.6. The highest BCUT2D eigenvalue weighted by molar-refractivity contribution is 7.89. The topological polar surface area (TPSA) is 87.3 Å². The molecular weight excluding hydrogens is 280 g/mol. The molecule has 116 valence electrons. The number of aromatic nitrogens is 2. The third-order valence-corrected chi connectivity index (χ3v) is 4.89. The smallest absolute Gasteiger partial charge is 0.262 e. The first-order valence-electron chi connectivity index (χ1n) is 6.65. The summed E-state index contributed by atoms with van der Waals surface area (Å²) in [5.41, 5.74) is 1.47. The first-order valence-corrected chi connectivity index (χ1v) is 8.09. The van der Waals surface area contributed by atoms with Crippen molar-refractivity contribution in [2.75, 3.05) is 33.9 Å². The number of hydrogen-bond donors (Lipinski definition) is 2. The molecule has 2 N–H and O–H groups in total. The Morgan fingerprint density at radius 2 is 2.15 bits per heavy atom. The Bertz CT molecular complexity index is 513. The molecule has 1 rings (SSSR count). The number of rotatable bonds is 9. The molecule has 0 unspecified atom stereocenters. The summed E-state index contributed by atoms with van der Waals surface area (Å²) >= 11 is 0. The summed E-state index contributed by atoms with van der Waals surface area (Å²) in [5.74, 6) is 0. The molecule has 0 aliphatic rings. The lowest BCUT2D eigenvalue weighted by Gasteiger charge is -2.16. The molecule has 0 atom stereocenters. The molecule has 0 saturated heterocycles. The van der Waals surface area contributed by atoms with Crippen molar-refractivity contribution in [3.05, 3.63) is 11.3 Å². The van der Waals surface area contributed by atoms with Crippen LogP contribution in [0.3, 0.4) is 0 Å². The minimum atomic E-state index is -3.56.